The summed E-state index contributed by atoms with van der Waals surface area (Å²) in [4.78, 5) is 17.4. The summed E-state index contributed by atoms with van der Waals surface area (Å²) in [6, 6.07) is 18.9. The van der Waals surface area contributed by atoms with Crippen molar-refractivity contribution in [1.82, 2.24) is 4.98 Å². The zero-order chi connectivity index (χ0) is 17.9. The zero-order valence-electron chi connectivity index (χ0n) is 14.0. The molecule has 0 aliphatic rings. The van der Waals surface area contributed by atoms with Crippen molar-refractivity contribution >= 4 is 38.8 Å². The Balaban J connectivity index is 1.73. The van der Waals surface area contributed by atoms with Crippen LogP contribution in [0, 0.1) is 6.92 Å². The lowest BCUT2D eigenvalue weighted by molar-refractivity contribution is 0.0961. The van der Waals surface area contributed by atoms with Crippen LogP contribution < -0.4 is 5.01 Å². The largest absolute Gasteiger partial charge is 0.459 e. The maximum atomic E-state index is 12.8. The number of hydrogen-bond acceptors (Lipinski definition) is 5. The molecule has 0 atom stereocenters. The Morgan fingerprint density at radius 3 is 2.65 bits per heavy atom. The number of amides is 1. The summed E-state index contributed by atoms with van der Waals surface area (Å²) in [6.45, 7) is 2.02. The summed E-state index contributed by atoms with van der Waals surface area (Å²) in [5.41, 5.74) is 2.89. The number of benzene rings is 2. The number of hydrogen-bond donors (Lipinski definition) is 0. The molecule has 5 nitrogen and oxygen atoms in total. The van der Waals surface area contributed by atoms with E-state index in [1.807, 2.05) is 55.5 Å². The molecule has 6 heteroatoms. The number of anilines is 1. The van der Waals surface area contributed by atoms with Gasteiger partial charge in [0.15, 0.2) is 5.76 Å². The van der Waals surface area contributed by atoms with Crippen molar-refractivity contribution < 1.29 is 9.21 Å². The van der Waals surface area contributed by atoms with E-state index in [1.165, 1.54) is 22.6 Å². The molecular formula is C20H15N3O2S. The SMILES string of the molecule is Cc1ccc(/C=N\N(C(=O)c2ccco2)c2nc3ccccc3s2)cc1. The van der Waals surface area contributed by atoms with Crippen LogP contribution in [0.1, 0.15) is 21.7 Å². The number of rotatable bonds is 4. The fraction of sp³-hybridized carbons (Fsp3) is 0.0500. The predicted octanol–water partition coefficient (Wildman–Crippen LogP) is 4.88. The number of fused-ring (bicyclic) bond motifs is 1. The van der Waals surface area contributed by atoms with Gasteiger partial charge in [0, 0.05) is 0 Å². The monoisotopic (exact) mass is 361 g/mol. The first-order valence-electron chi connectivity index (χ1n) is 8.05. The quantitative estimate of drug-likeness (QED) is 0.384. The molecule has 2 aromatic carbocycles. The van der Waals surface area contributed by atoms with Crippen LogP contribution in [0.4, 0.5) is 5.13 Å². The van der Waals surface area contributed by atoms with E-state index in [1.54, 1.807) is 18.3 Å². The molecule has 128 valence electrons. The van der Waals surface area contributed by atoms with E-state index < -0.39 is 0 Å². The highest BCUT2D eigenvalue weighted by Gasteiger charge is 2.22. The Morgan fingerprint density at radius 1 is 1.12 bits per heavy atom. The Labute approximate surface area is 154 Å². The van der Waals surface area contributed by atoms with Crippen molar-refractivity contribution in [3.05, 3.63) is 83.8 Å². The standard InChI is InChI=1S/C20H15N3O2S/c1-14-8-10-15(11-9-14)13-21-23(19(24)17-6-4-12-25-17)20-22-16-5-2-3-7-18(16)26-20/h2-13H,1H3/b21-13-. The third-order valence-electron chi connectivity index (χ3n) is 3.79. The molecule has 0 N–H and O–H groups in total. The third-order valence-corrected chi connectivity index (χ3v) is 4.80. The van der Waals surface area contributed by atoms with E-state index in [0.717, 1.165) is 21.3 Å². The molecule has 0 saturated carbocycles. The molecule has 0 aliphatic carbocycles. The average Bonchev–Trinajstić information content (AvgIpc) is 3.33. The molecule has 0 aliphatic heterocycles. The normalized spacial score (nSPS) is 11.3. The third kappa shape index (κ3) is 3.27. The molecule has 0 bridgehead atoms. The number of aromatic nitrogens is 1. The van der Waals surface area contributed by atoms with Crippen LogP contribution in [0.25, 0.3) is 10.2 Å². The van der Waals surface area contributed by atoms with E-state index in [2.05, 4.69) is 10.1 Å². The number of para-hydroxylation sites is 1. The van der Waals surface area contributed by atoms with Gasteiger partial charge in [0.2, 0.25) is 5.13 Å². The maximum absolute atomic E-state index is 12.8. The predicted molar refractivity (Wildman–Crippen MR) is 104 cm³/mol. The number of aryl methyl sites for hydroxylation is 1. The lowest BCUT2D eigenvalue weighted by atomic mass is 10.2. The summed E-state index contributed by atoms with van der Waals surface area (Å²) in [5, 5.41) is 6.17. The fourth-order valence-corrected chi connectivity index (χ4v) is 3.34. The summed E-state index contributed by atoms with van der Waals surface area (Å²) < 4.78 is 6.24. The number of carbonyl (C=O) groups excluding carboxylic acids is 1. The van der Waals surface area contributed by atoms with Gasteiger partial charge in [-0.05, 0) is 36.8 Å². The second kappa shape index (κ2) is 6.93. The average molecular weight is 361 g/mol. The number of hydrazone groups is 1. The minimum Gasteiger partial charge on any atom is -0.459 e. The summed E-state index contributed by atoms with van der Waals surface area (Å²) in [5.74, 6) is -0.150. The van der Waals surface area contributed by atoms with Crippen LogP contribution in [-0.2, 0) is 0 Å². The summed E-state index contributed by atoms with van der Waals surface area (Å²) in [7, 11) is 0. The first-order valence-corrected chi connectivity index (χ1v) is 8.86. The van der Waals surface area contributed by atoms with Gasteiger partial charge in [0.25, 0.3) is 0 Å². The van der Waals surface area contributed by atoms with Gasteiger partial charge >= 0.3 is 5.91 Å². The van der Waals surface area contributed by atoms with E-state index in [4.69, 9.17) is 4.42 Å². The van der Waals surface area contributed by atoms with Crippen molar-refractivity contribution in [2.24, 2.45) is 5.10 Å². The van der Waals surface area contributed by atoms with Crippen LogP contribution >= 0.6 is 11.3 Å². The highest BCUT2D eigenvalue weighted by molar-refractivity contribution is 7.22. The maximum Gasteiger partial charge on any atom is 0.316 e. The molecule has 2 aromatic heterocycles. The van der Waals surface area contributed by atoms with Gasteiger partial charge in [-0.1, -0.05) is 53.3 Å². The van der Waals surface area contributed by atoms with Crippen LogP contribution in [0.3, 0.4) is 0 Å². The van der Waals surface area contributed by atoms with Gasteiger partial charge in [-0.3, -0.25) is 4.79 Å². The first kappa shape index (κ1) is 16.2. The molecule has 4 aromatic rings. The Morgan fingerprint density at radius 2 is 1.92 bits per heavy atom. The highest BCUT2D eigenvalue weighted by atomic mass is 32.1. The Kier molecular flexibility index (Phi) is 4.33. The molecule has 0 fully saturated rings. The minimum absolute atomic E-state index is 0.213. The smallest absolute Gasteiger partial charge is 0.316 e. The second-order valence-electron chi connectivity index (χ2n) is 5.71. The molecular weight excluding hydrogens is 346 g/mol. The van der Waals surface area contributed by atoms with Crippen molar-refractivity contribution in [3.8, 4) is 0 Å². The topological polar surface area (TPSA) is 58.7 Å². The molecule has 1 amide bonds. The van der Waals surface area contributed by atoms with Gasteiger partial charge < -0.3 is 4.42 Å². The van der Waals surface area contributed by atoms with Crippen molar-refractivity contribution in [1.29, 1.82) is 0 Å². The molecule has 4 rings (SSSR count). The van der Waals surface area contributed by atoms with Gasteiger partial charge in [-0.25, -0.2) is 4.98 Å². The van der Waals surface area contributed by atoms with Crippen LogP contribution in [0.2, 0.25) is 0 Å². The first-order chi connectivity index (χ1) is 12.7. The second-order valence-corrected chi connectivity index (χ2v) is 6.72. The van der Waals surface area contributed by atoms with Gasteiger partial charge in [-0.15, -0.1) is 0 Å². The Hall–Kier alpha value is -3.25. The van der Waals surface area contributed by atoms with Gasteiger partial charge in [-0.2, -0.15) is 10.1 Å². The molecule has 26 heavy (non-hydrogen) atoms. The van der Waals surface area contributed by atoms with E-state index >= 15 is 0 Å². The molecule has 0 unspecified atom stereocenters. The lowest BCUT2D eigenvalue weighted by Gasteiger charge is -2.11. The van der Waals surface area contributed by atoms with Crippen molar-refractivity contribution in [3.63, 3.8) is 0 Å². The van der Waals surface area contributed by atoms with Crippen LogP contribution in [0.5, 0.6) is 0 Å². The summed E-state index contributed by atoms with van der Waals surface area (Å²) in [6.07, 6.45) is 3.11. The molecule has 0 saturated heterocycles. The molecule has 2 heterocycles. The number of carbonyl (C=O) groups is 1. The van der Waals surface area contributed by atoms with E-state index in [0.29, 0.717) is 5.13 Å². The number of thiazole rings is 1. The molecule has 0 radical (unpaired) electrons. The highest BCUT2D eigenvalue weighted by Crippen LogP contribution is 2.29. The van der Waals surface area contributed by atoms with E-state index in [-0.39, 0.29) is 11.7 Å². The van der Waals surface area contributed by atoms with Crippen LogP contribution in [-0.4, -0.2) is 17.1 Å². The van der Waals surface area contributed by atoms with Crippen molar-refractivity contribution in [2.75, 3.05) is 5.01 Å². The fourth-order valence-electron chi connectivity index (χ4n) is 2.42. The van der Waals surface area contributed by atoms with Crippen LogP contribution in [0.15, 0.2) is 76.4 Å². The van der Waals surface area contributed by atoms with E-state index in [9.17, 15) is 4.79 Å². The lowest BCUT2D eigenvalue weighted by Crippen LogP contribution is -2.25. The van der Waals surface area contributed by atoms with Gasteiger partial charge in [0.1, 0.15) is 0 Å². The zero-order valence-corrected chi connectivity index (χ0v) is 14.8. The van der Waals surface area contributed by atoms with Crippen molar-refractivity contribution in [2.45, 2.75) is 6.92 Å². The number of nitrogens with zero attached hydrogens (tertiary/aromatic N) is 3. The minimum atomic E-state index is -0.364. The number of furan rings is 1. The summed E-state index contributed by atoms with van der Waals surface area (Å²) >= 11 is 1.41. The molecule has 0 spiro atoms. The Bertz CT molecular complexity index is 1030. The van der Waals surface area contributed by atoms with Gasteiger partial charge in [0.05, 0.1) is 22.7 Å².